The highest BCUT2D eigenvalue weighted by Crippen LogP contribution is 2.31. The van der Waals surface area contributed by atoms with Gasteiger partial charge >= 0.3 is 0 Å². The Morgan fingerprint density at radius 1 is 0.833 bits per heavy atom. The number of aliphatic hydroxyl groups is 1. The van der Waals surface area contributed by atoms with Crippen molar-refractivity contribution in [2.75, 3.05) is 0 Å². The molecule has 4 heteroatoms. The molecule has 0 amide bonds. The van der Waals surface area contributed by atoms with E-state index in [-0.39, 0.29) is 7.43 Å². The second-order valence-electron chi connectivity index (χ2n) is 5.78. The zero-order valence-corrected chi connectivity index (χ0v) is 16.1. The van der Waals surface area contributed by atoms with E-state index < -0.39 is 5.60 Å². The number of rotatable bonds is 1. The number of halogens is 1. The van der Waals surface area contributed by atoms with Crippen LogP contribution in [0.5, 0.6) is 0 Å². The third-order valence-corrected chi connectivity index (χ3v) is 6.42. The van der Waals surface area contributed by atoms with Gasteiger partial charge in [0.05, 0.1) is 5.60 Å². The Balaban J connectivity index is 0.000000172. The topological polar surface area (TPSA) is 20.2 Å². The summed E-state index contributed by atoms with van der Waals surface area (Å²) in [6, 6.07) is 16.5. The van der Waals surface area contributed by atoms with Crippen molar-refractivity contribution in [2.24, 2.45) is 0 Å². The number of fused-ring (bicyclic) bond motifs is 2. The molecule has 0 radical (unpaired) electrons. The molecule has 2 aromatic carbocycles. The van der Waals surface area contributed by atoms with Gasteiger partial charge in [-0.05, 0) is 69.5 Å². The average Bonchev–Trinajstić information content (AvgIpc) is 3.15. The number of benzene rings is 2. The standard InChI is InChI=1S/C11H12OS.C8H5BrS.CH4/c1-11(2,12)9-5-3-4-8-6-7-13-10(8)9;9-7-3-1-2-6-4-5-10-8(6)7;/h3-7,12H,1-2H3;1-5H;1H4. The van der Waals surface area contributed by atoms with E-state index in [4.69, 9.17) is 0 Å². The van der Waals surface area contributed by atoms with E-state index in [1.165, 1.54) is 24.6 Å². The van der Waals surface area contributed by atoms with Crippen molar-refractivity contribution < 1.29 is 5.11 Å². The Labute approximate surface area is 159 Å². The molecular formula is C20H21BrOS2. The molecule has 0 saturated heterocycles. The number of hydrogen-bond donors (Lipinski definition) is 1. The van der Waals surface area contributed by atoms with Crippen LogP contribution in [0.3, 0.4) is 0 Å². The van der Waals surface area contributed by atoms with E-state index in [0.29, 0.717) is 0 Å². The summed E-state index contributed by atoms with van der Waals surface area (Å²) in [4.78, 5) is 0. The van der Waals surface area contributed by atoms with Crippen molar-refractivity contribution in [1.82, 2.24) is 0 Å². The maximum absolute atomic E-state index is 9.91. The highest BCUT2D eigenvalue weighted by Gasteiger charge is 2.18. The van der Waals surface area contributed by atoms with E-state index in [1.807, 2.05) is 26.0 Å². The van der Waals surface area contributed by atoms with Crippen LogP contribution < -0.4 is 0 Å². The van der Waals surface area contributed by atoms with Gasteiger partial charge in [0.15, 0.2) is 0 Å². The molecule has 0 unspecified atom stereocenters. The first-order chi connectivity index (χ1) is 11.0. The van der Waals surface area contributed by atoms with E-state index in [2.05, 4.69) is 63.1 Å². The van der Waals surface area contributed by atoms with E-state index in [0.717, 1.165) is 5.56 Å². The molecule has 126 valence electrons. The number of thiophene rings is 2. The fourth-order valence-corrected chi connectivity index (χ4v) is 4.96. The molecule has 0 saturated carbocycles. The largest absolute Gasteiger partial charge is 0.386 e. The second-order valence-corrected chi connectivity index (χ2v) is 8.47. The molecule has 0 spiro atoms. The maximum Gasteiger partial charge on any atom is 0.0854 e. The molecule has 0 aliphatic rings. The minimum Gasteiger partial charge on any atom is -0.386 e. The highest BCUT2D eigenvalue weighted by atomic mass is 79.9. The van der Waals surface area contributed by atoms with Crippen LogP contribution in [0.1, 0.15) is 26.8 Å². The van der Waals surface area contributed by atoms with Crippen molar-refractivity contribution in [1.29, 1.82) is 0 Å². The third-order valence-electron chi connectivity index (χ3n) is 3.57. The average molecular weight is 421 g/mol. The first kappa shape index (κ1) is 19.1. The Bertz CT molecular complexity index is 931. The SMILES string of the molecule is Brc1cccc2ccsc12.C.CC(C)(O)c1cccc2ccsc12. The van der Waals surface area contributed by atoms with Crippen LogP contribution in [-0.2, 0) is 5.60 Å². The molecule has 2 heterocycles. The Hall–Kier alpha value is -1.20. The van der Waals surface area contributed by atoms with Crippen LogP contribution in [0, 0.1) is 0 Å². The van der Waals surface area contributed by atoms with Gasteiger partial charge in [0.1, 0.15) is 0 Å². The van der Waals surface area contributed by atoms with Gasteiger partial charge in [-0.15, -0.1) is 22.7 Å². The molecule has 1 N–H and O–H groups in total. The van der Waals surface area contributed by atoms with Crippen molar-refractivity contribution in [3.8, 4) is 0 Å². The van der Waals surface area contributed by atoms with E-state index in [9.17, 15) is 5.11 Å². The lowest BCUT2D eigenvalue weighted by atomic mass is 9.97. The number of hydrogen-bond acceptors (Lipinski definition) is 3. The molecule has 0 fully saturated rings. The molecule has 2 aromatic heterocycles. The van der Waals surface area contributed by atoms with Crippen LogP contribution in [0.4, 0.5) is 0 Å². The highest BCUT2D eigenvalue weighted by molar-refractivity contribution is 9.10. The van der Waals surface area contributed by atoms with Gasteiger partial charge in [0, 0.05) is 19.4 Å². The first-order valence-corrected chi connectivity index (χ1v) is 9.83. The first-order valence-electron chi connectivity index (χ1n) is 7.27. The maximum atomic E-state index is 9.91. The predicted molar refractivity (Wildman–Crippen MR) is 113 cm³/mol. The smallest absolute Gasteiger partial charge is 0.0854 e. The normalized spacial score (nSPS) is 11.0. The summed E-state index contributed by atoms with van der Waals surface area (Å²) in [5.74, 6) is 0. The lowest BCUT2D eigenvalue weighted by Gasteiger charge is -2.18. The van der Waals surface area contributed by atoms with Crippen molar-refractivity contribution >= 4 is 58.8 Å². The van der Waals surface area contributed by atoms with Gasteiger partial charge in [-0.25, -0.2) is 0 Å². The fourth-order valence-electron chi connectivity index (χ4n) is 2.43. The van der Waals surface area contributed by atoms with Crippen LogP contribution in [0.15, 0.2) is 63.8 Å². The lowest BCUT2D eigenvalue weighted by molar-refractivity contribution is 0.0804. The summed E-state index contributed by atoms with van der Waals surface area (Å²) in [6.45, 7) is 3.64. The van der Waals surface area contributed by atoms with Crippen molar-refractivity contribution in [3.63, 3.8) is 0 Å². The summed E-state index contributed by atoms with van der Waals surface area (Å²) in [7, 11) is 0. The quantitative estimate of drug-likeness (QED) is 0.339. The fraction of sp³-hybridized carbons (Fsp3) is 0.200. The Morgan fingerprint density at radius 3 is 1.96 bits per heavy atom. The molecule has 0 aliphatic carbocycles. The van der Waals surface area contributed by atoms with Crippen LogP contribution in [-0.4, -0.2) is 5.11 Å². The molecule has 0 bridgehead atoms. The van der Waals surface area contributed by atoms with E-state index >= 15 is 0 Å². The van der Waals surface area contributed by atoms with Gasteiger partial charge in [-0.2, -0.15) is 0 Å². The molecule has 0 atom stereocenters. The Morgan fingerprint density at radius 2 is 1.38 bits per heavy atom. The van der Waals surface area contributed by atoms with Crippen LogP contribution in [0.25, 0.3) is 20.2 Å². The summed E-state index contributed by atoms with van der Waals surface area (Å²) >= 11 is 6.93. The second kappa shape index (κ2) is 7.79. The third kappa shape index (κ3) is 4.06. The van der Waals surface area contributed by atoms with Gasteiger partial charge in [-0.3, -0.25) is 0 Å². The van der Waals surface area contributed by atoms with Crippen molar-refractivity contribution in [3.05, 3.63) is 69.3 Å². The summed E-state index contributed by atoms with van der Waals surface area (Å²) < 4.78 is 3.72. The summed E-state index contributed by atoms with van der Waals surface area (Å²) in [5.41, 5.74) is 0.268. The minimum atomic E-state index is -0.746. The minimum absolute atomic E-state index is 0. The Kier molecular flexibility index (Phi) is 6.21. The molecular weight excluding hydrogens is 400 g/mol. The van der Waals surface area contributed by atoms with Gasteiger partial charge in [0.2, 0.25) is 0 Å². The van der Waals surface area contributed by atoms with E-state index in [1.54, 1.807) is 22.7 Å². The monoisotopic (exact) mass is 420 g/mol. The zero-order chi connectivity index (χ0) is 16.4. The van der Waals surface area contributed by atoms with Crippen LogP contribution in [0.2, 0.25) is 0 Å². The lowest BCUT2D eigenvalue weighted by Crippen LogP contribution is -2.15. The van der Waals surface area contributed by atoms with Gasteiger partial charge in [0.25, 0.3) is 0 Å². The molecule has 4 aromatic rings. The summed E-state index contributed by atoms with van der Waals surface area (Å²) in [6.07, 6.45) is 0. The van der Waals surface area contributed by atoms with Gasteiger partial charge in [-0.1, -0.05) is 37.8 Å². The molecule has 24 heavy (non-hydrogen) atoms. The van der Waals surface area contributed by atoms with Crippen molar-refractivity contribution in [2.45, 2.75) is 26.9 Å². The molecule has 1 nitrogen and oxygen atoms in total. The summed E-state index contributed by atoms with van der Waals surface area (Å²) in [5, 5.41) is 16.6. The molecule has 0 aliphatic heterocycles. The molecule has 4 rings (SSSR count). The van der Waals surface area contributed by atoms with Crippen LogP contribution >= 0.6 is 38.6 Å². The van der Waals surface area contributed by atoms with Gasteiger partial charge < -0.3 is 5.11 Å². The predicted octanol–water partition coefficient (Wildman–Crippen LogP) is 7.43. The zero-order valence-electron chi connectivity index (χ0n) is 12.9.